The molecule has 0 bridgehead atoms. The van der Waals surface area contributed by atoms with E-state index in [0.29, 0.717) is 6.04 Å². The minimum absolute atomic E-state index is 0.0666. The topological polar surface area (TPSA) is 46.9 Å². The van der Waals surface area contributed by atoms with Gasteiger partial charge in [0.25, 0.3) is 0 Å². The number of amides is 1. The van der Waals surface area contributed by atoms with Crippen LogP contribution in [0.15, 0.2) is 10.7 Å². The number of halogens is 1. The number of carbonyl (C=O) groups excluding carboxylic acids is 1. The van der Waals surface area contributed by atoms with E-state index in [2.05, 4.69) is 26.3 Å². The molecule has 0 saturated heterocycles. The molecule has 1 fully saturated rings. The van der Waals surface area contributed by atoms with Gasteiger partial charge in [0.2, 0.25) is 5.91 Å². The fourth-order valence-electron chi connectivity index (χ4n) is 2.35. The van der Waals surface area contributed by atoms with Crippen LogP contribution in [0.5, 0.6) is 0 Å². The van der Waals surface area contributed by atoms with Gasteiger partial charge in [-0.3, -0.25) is 9.48 Å². The summed E-state index contributed by atoms with van der Waals surface area (Å²) in [5.74, 6) is 0.0666. The summed E-state index contributed by atoms with van der Waals surface area (Å²) in [6.45, 7) is 3.81. The summed E-state index contributed by atoms with van der Waals surface area (Å²) < 4.78 is 2.66. The van der Waals surface area contributed by atoms with Gasteiger partial charge in [0, 0.05) is 12.2 Å². The lowest BCUT2D eigenvalue weighted by Crippen LogP contribution is -2.40. The molecular formula is C13H20BrN3O. The Kier molecular flexibility index (Phi) is 4.43. The van der Waals surface area contributed by atoms with E-state index >= 15 is 0 Å². The number of nitrogens with one attached hydrogen (secondary N) is 1. The molecule has 0 radical (unpaired) electrons. The molecule has 1 aliphatic rings. The van der Waals surface area contributed by atoms with Gasteiger partial charge in [0.15, 0.2) is 0 Å². The van der Waals surface area contributed by atoms with Gasteiger partial charge in [-0.2, -0.15) is 5.10 Å². The maximum atomic E-state index is 12.1. The third kappa shape index (κ3) is 3.13. The predicted molar refractivity (Wildman–Crippen MR) is 74.4 cm³/mol. The van der Waals surface area contributed by atoms with Gasteiger partial charge in [0.1, 0.15) is 6.04 Å². The van der Waals surface area contributed by atoms with Crippen molar-refractivity contribution in [3.05, 3.63) is 16.4 Å². The Balaban J connectivity index is 1.95. The third-order valence-electron chi connectivity index (χ3n) is 3.58. The fourth-order valence-corrected chi connectivity index (χ4v) is 2.64. The molecule has 1 aromatic heterocycles. The van der Waals surface area contributed by atoms with Crippen LogP contribution in [-0.2, 0) is 4.79 Å². The largest absolute Gasteiger partial charge is 0.352 e. The summed E-state index contributed by atoms with van der Waals surface area (Å²) in [6.07, 6.45) is 7.84. The van der Waals surface area contributed by atoms with Gasteiger partial charge >= 0.3 is 0 Å². The van der Waals surface area contributed by atoms with Crippen LogP contribution in [0, 0.1) is 6.92 Å². The van der Waals surface area contributed by atoms with Crippen molar-refractivity contribution in [1.29, 1.82) is 0 Å². The molecule has 5 heteroatoms. The van der Waals surface area contributed by atoms with Crippen molar-refractivity contribution >= 4 is 21.8 Å². The Hall–Kier alpha value is -0.840. The van der Waals surface area contributed by atoms with E-state index in [1.165, 1.54) is 19.3 Å². The maximum Gasteiger partial charge on any atom is 0.244 e. The van der Waals surface area contributed by atoms with Crippen LogP contribution >= 0.6 is 15.9 Å². The Morgan fingerprint density at radius 1 is 1.50 bits per heavy atom. The van der Waals surface area contributed by atoms with E-state index < -0.39 is 0 Å². The highest BCUT2D eigenvalue weighted by Crippen LogP contribution is 2.19. The first kappa shape index (κ1) is 13.6. The molecule has 1 amide bonds. The molecular weight excluding hydrogens is 294 g/mol. The van der Waals surface area contributed by atoms with Crippen molar-refractivity contribution in [2.45, 2.75) is 58.0 Å². The van der Waals surface area contributed by atoms with Crippen molar-refractivity contribution in [2.75, 3.05) is 0 Å². The van der Waals surface area contributed by atoms with Gasteiger partial charge in [-0.25, -0.2) is 0 Å². The predicted octanol–water partition coefficient (Wildman–Crippen LogP) is 2.96. The molecule has 18 heavy (non-hydrogen) atoms. The van der Waals surface area contributed by atoms with E-state index in [4.69, 9.17) is 0 Å². The number of hydrogen-bond acceptors (Lipinski definition) is 2. The molecule has 2 rings (SSSR count). The highest BCUT2D eigenvalue weighted by molar-refractivity contribution is 9.10. The molecule has 1 aliphatic carbocycles. The minimum Gasteiger partial charge on any atom is -0.352 e. The number of carbonyl (C=O) groups is 1. The molecule has 0 unspecified atom stereocenters. The average molecular weight is 314 g/mol. The third-order valence-corrected chi connectivity index (χ3v) is 4.36. The number of aromatic nitrogens is 2. The van der Waals surface area contributed by atoms with Gasteiger partial charge < -0.3 is 5.32 Å². The molecule has 1 heterocycles. The SMILES string of the molecule is Cc1nn([C@H](C)C(=O)NC2CCCCC2)cc1Br. The van der Waals surface area contributed by atoms with Crippen LogP contribution in [-0.4, -0.2) is 21.7 Å². The number of rotatable bonds is 3. The van der Waals surface area contributed by atoms with Crippen molar-refractivity contribution in [3.8, 4) is 0 Å². The van der Waals surface area contributed by atoms with Crippen molar-refractivity contribution in [2.24, 2.45) is 0 Å². The Bertz CT molecular complexity index is 404. The quantitative estimate of drug-likeness (QED) is 0.932. The molecule has 1 saturated carbocycles. The lowest BCUT2D eigenvalue weighted by Gasteiger charge is -2.24. The van der Waals surface area contributed by atoms with E-state index in [0.717, 1.165) is 23.0 Å². The van der Waals surface area contributed by atoms with Crippen molar-refractivity contribution < 1.29 is 4.79 Å². The second-order valence-electron chi connectivity index (χ2n) is 5.06. The maximum absolute atomic E-state index is 12.1. The number of aryl methyl sites for hydroxylation is 1. The van der Waals surface area contributed by atoms with E-state index in [1.54, 1.807) is 4.68 Å². The Morgan fingerprint density at radius 2 is 2.17 bits per heavy atom. The number of hydrogen-bond donors (Lipinski definition) is 1. The van der Waals surface area contributed by atoms with Crippen LogP contribution in [0.25, 0.3) is 0 Å². The second-order valence-corrected chi connectivity index (χ2v) is 5.92. The highest BCUT2D eigenvalue weighted by atomic mass is 79.9. The summed E-state index contributed by atoms with van der Waals surface area (Å²) >= 11 is 3.42. The van der Waals surface area contributed by atoms with E-state index in [1.807, 2.05) is 20.0 Å². The first-order valence-electron chi connectivity index (χ1n) is 6.59. The number of nitrogens with zero attached hydrogens (tertiary/aromatic N) is 2. The molecule has 4 nitrogen and oxygen atoms in total. The lowest BCUT2D eigenvalue weighted by atomic mass is 9.95. The van der Waals surface area contributed by atoms with Gasteiger partial charge in [-0.15, -0.1) is 0 Å². The summed E-state index contributed by atoms with van der Waals surface area (Å²) in [5.41, 5.74) is 0.910. The van der Waals surface area contributed by atoms with E-state index in [9.17, 15) is 4.79 Å². The molecule has 0 spiro atoms. The van der Waals surface area contributed by atoms with Crippen molar-refractivity contribution in [1.82, 2.24) is 15.1 Å². The zero-order valence-electron chi connectivity index (χ0n) is 10.9. The summed E-state index contributed by atoms with van der Waals surface area (Å²) in [6, 6.07) is 0.103. The molecule has 0 aromatic carbocycles. The standard InChI is InChI=1S/C13H20BrN3O/c1-9-12(14)8-17(16-9)10(2)13(18)15-11-6-4-3-5-7-11/h8,10-11H,3-7H2,1-2H3,(H,15,18)/t10-/m1/s1. The minimum atomic E-state index is -0.253. The average Bonchev–Trinajstić information content (AvgIpc) is 2.70. The Morgan fingerprint density at radius 3 is 2.72 bits per heavy atom. The normalized spacial score (nSPS) is 18.6. The van der Waals surface area contributed by atoms with E-state index in [-0.39, 0.29) is 11.9 Å². The molecule has 100 valence electrons. The van der Waals surface area contributed by atoms with Gasteiger partial charge in [0.05, 0.1) is 10.2 Å². The zero-order valence-corrected chi connectivity index (χ0v) is 12.5. The van der Waals surface area contributed by atoms with Crippen LogP contribution in [0.3, 0.4) is 0 Å². The monoisotopic (exact) mass is 313 g/mol. The van der Waals surface area contributed by atoms with Gasteiger partial charge in [-0.1, -0.05) is 19.3 Å². The zero-order chi connectivity index (χ0) is 13.1. The van der Waals surface area contributed by atoms with Gasteiger partial charge in [-0.05, 0) is 42.6 Å². The van der Waals surface area contributed by atoms with Crippen LogP contribution < -0.4 is 5.32 Å². The molecule has 1 atom stereocenters. The first-order chi connectivity index (χ1) is 8.58. The second kappa shape index (κ2) is 5.87. The Labute approximate surface area is 116 Å². The lowest BCUT2D eigenvalue weighted by molar-refractivity contribution is -0.125. The smallest absolute Gasteiger partial charge is 0.244 e. The molecule has 1 N–H and O–H groups in total. The van der Waals surface area contributed by atoms with Crippen LogP contribution in [0.1, 0.15) is 50.8 Å². The summed E-state index contributed by atoms with van der Waals surface area (Å²) in [5, 5.41) is 7.46. The molecule has 1 aromatic rings. The van der Waals surface area contributed by atoms with Crippen LogP contribution in [0.2, 0.25) is 0 Å². The first-order valence-corrected chi connectivity index (χ1v) is 7.39. The molecule has 0 aliphatic heterocycles. The highest BCUT2D eigenvalue weighted by Gasteiger charge is 2.21. The van der Waals surface area contributed by atoms with Crippen LogP contribution in [0.4, 0.5) is 0 Å². The fraction of sp³-hybridized carbons (Fsp3) is 0.692. The van der Waals surface area contributed by atoms with Crippen molar-refractivity contribution in [3.63, 3.8) is 0 Å². The summed E-state index contributed by atoms with van der Waals surface area (Å²) in [4.78, 5) is 12.1. The summed E-state index contributed by atoms with van der Waals surface area (Å²) in [7, 11) is 0.